The molecule has 1 aromatic rings. The number of rotatable bonds is 5. The molecule has 4 heteroatoms. The van der Waals surface area contributed by atoms with Gasteiger partial charge < -0.3 is 9.84 Å². The van der Waals surface area contributed by atoms with Crippen molar-refractivity contribution < 1.29 is 14.6 Å². The fourth-order valence-corrected chi connectivity index (χ4v) is 1.02. The van der Waals surface area contributed by atoms with Crippen molar-refractivity contribution >= 4 is 5.97 Å². The van der Waals surface area contributed by atoms with Crippen molar-refractivity contribution in [2.75, 3.05) is 6.61 Å². The zero-order valence-electron chi connectivity index (χ0n) is 8.06. The van der Waals surface area contributed by atoms with Crippen LogP contribution in [0.2, 0.25) is 0 Å². The van der Waals surface area contributed by atoms with E-state index < -0.39 is 5.97 Å². The Balaban J connectivity index is 2.59. The third-order valence-corrected chi connectivity index (χ3v) is 1.66. The van der Waals surface area contributed by atoms with Crippen LogP contribution in [-0.4, -0.2) is 22.7 Å². The molecule has 1 rings (SSSR count). The molecule has 0 saturated heterocycles. The summed E-state index contributed by atoms with van der Waals surface area (Å²) in [7, 11) is 0. The first-order valence-corrected chi connectivity index (χ1v) is 4.50. The molecule has 0 saturated carbocycles. The van der Waals surface area contributed by atoms with E-state index in [1.54, 1.807) is 6.07 Å². The van der Waals surface area contributed by atoms with Crippen molar-refractivity contribution in [2.45, 2.75) is 20.0 Å². The van der Waals surface area contributed by atoms with E-state index in [-0.39, 0.29) is 5.69 Å². The number of carboxylic acids is 1. The van der Waals surface area contributed by atoms with Crippen LogP contribution < -0.4 is 0 Å². The van der Waals surface area contributed by atoms with Gasteiger partial charge in [-0.1, -0.05) is 6.92 Å². The molecular weight excluding hydrogens is 182 g/mol. The lowest BCUT2D eigenvalue weighted by Crippen LogP contribution is -2.02. The average Bonchev–Trinajstić information content (AvgIpc) is 2.19. The number of aromatic nitrogens is 1. The summed E-state index contributed by atoms with van der Waals surface area (Å²) in [6.45, 7) is 3.15. The average molecular weight is 195 g/mol. The monoisotopic (exact) mass is 195 g/mol. The number of aromatic carboxylic acids is 1. The minimum Gasteiger partial charge on any atom is -0.477 e. The van der Waals surface area contributed by atoms with E-state index in [4.69, 9.17) is 9.84 Å². The van der Waals surface area contributed by atoms with Gasteiger partial charge in [-0.15, -0.1) is 0 Å². The van der Waals surface area contributed by atoms with Gasteiger partial charge in [0.05, 0.1) is 6.61 Å². The summed E-state index contributed by atoms with van der Waals surface area (Å²) in [6, 6.07) is 3.28. The lowest BCUT2D eigenvalue weighted by Gasteiger charge is -2.02. The van der Waals surface area contributed by atoms with Crippen molar-refractivity contribution in [3.8, 4) is 0 Å². The van der Waals surface area contributed by atoms with Crippen LogP contribution in [0.5, 0.6) is 0 Å². The zero-order valence-corrected chi connectivity index (χ0v) is 8.06. The summed E-state index contributed by atoms with van der Waals surface area (Å²) in [5.41, 5.74) is 0.897. The largest absolute Gasteiger partial charge is 0.477 e. The first-order valence-electron chi connectivity index (χ1n) is 4.50. The third kappa shape index (κ3) is 3.14. The molecule has 0 aromatic carbocycles. The molecule has 14 heavy (non-hydrogen) atoms. The fraction of sp³-hybridized carbons (Fsp3) is 0.400. The smallest absolute Gasteiger partial charge is 0.354 e. The fourth-order valence-electron chi connectivity index (χ4n) is 1.02. The molecule has 1 aromatic heterocycles. The zero-order chi connectivity index (χ0) is 10.4. The number of carbonyl (C=O) groups is 1. The Bertz CT molecular complexity index is 312. The lowest BCUT2D eigenvalue weighted by atomic mass is 10.2. The van der Waals surface area contributed by atoms with Crippen LogP contribution in [0.3, 0.4) is 0 Å². The van der Waals surface area contributed by atoms with Gasteiger partial charge in [0.15, 0.2) is 0 Å². The van der Waals surface area contributed by atoms with Crippen molar-refractivity contribution in [3.63, 3.8) is 0 Å². The van der Waals surface area contributed by atoms with Crippen LogP contribution in [0.15, 0.2) is 18.3 Å². The quantitative estimate of drug-likeness (QED) is 0.726. The second-order valence-electron chi connectivity index (χ2n) is 2.91. The molecule has 76 valence electrons. The van der Waals surface area contributed by atoms with Gasteiger partial charge in [0.25, 0.3) is 0 Å². The third-order valence-electron chi connectivity index (χ3n) is 1.66. The topological polar surface area (TPSA) is 59.4 Å². The molecule has 0 aliphatic heterocycles. The molecule has 0 unspecified atom stereocenters. The number of nitrogens with zero attached hydrogens (tertiary/aromatic N) is 1. The van der Waals surface area contributed by atoms with Gasteiger partial charge in [-0.05, 0) is 24.1 Å². The van der Waals surface area contributed by atoms with Crippen LogP contribution in [0.4, 0.5) is 0 Å². The van der Waals surface area contributed by atoms with Gasteiger partial charge in [-0.2, -0.15) is 0 Å². The van der Waals surface area contributed by atoms with E-state index in [0.29, 0.717) is 13.2 Å². The SMILES string of the molecule is CCCOCc1ccnc(C(=O)O)c1. The second kappa shape index (κ2) is 5.34. The van der Waals surface area contributed by atoms with Gasteiger partial charge >= 0.3 is 5.97 Å². The van der Waals surface area contributed by atoms with Gasteiger partial charge in [-0.3, -0.25) is 0 Å². The van der Waals surface area contributed by atoms with E-state index in [1.807, 2.05) is 6.92 Å². The Morgan fingerprint density at radius 3 is 3.07 bits per heavy atom. The highest BCUT2D eigenvalue weighted by atomic mass is 16.5. The highest BCUT2D eigenvalue weighted by Crippen LogP contribution is 2.03. The summed E-state index contributed by atoms with van der Waals surface area (Å²) in [6.07, 6.45) is 2.44. The van der Waals surface area contributed by atoms with Crippen LogP contribution in [0.25, 0.3) is 0 Å². The summed E-state index contributed by atoms with van der Waals surface area (Å²) in [5.74, 6) is -1.01. The molecule has 0 fully saturated rings. The van der Waals surface area contributed by atoms with Crippen LogP contribution in [0, 0.1) is 0 Å². The van der Waals surface area contributed by atoms with Crippen LogP contribution >= 0.6 is 0 Å². The van der Waals surface area contributed by atoms with Crippen molar-refractivity contribution in [1.29, 1.82) is 0 Å². The Hall–Kier alpha value is -1.42. The predicted molar refractivity (Wildman–Crippen MR) is 51.1 cm³/mol. The maximum atomic E-state index is 10.6. The van der Waals surface area contributed by atoms with Gasteiger partial charge in [-0.25, -0.2) is 9.78 Å². The maximum absolute atomic E-state index is 10.6. The van der Waals surface area contributed by atoms with Crippen LogP contribution in [-0.2, 0) is 11.3 Å². The predicted octanol–water partition coefficient (Wildman–Crippen LogP) is 1.71. The summed E-state index contributed by atoms with van der Waals surface area (Å²) >= 11 is 0. The molecule has 0 bridgehead atoms. The van der Waals surface area contributed by atoms with Gasteiger partial charge in [0.1, 0.15) is 5.69 Å². The number of hydrogen-bond donors (Lipinski definition) is 1. The Morgan fingerprint density at radius 1 is 1.64 bits per heavy atom. The highest BCUT2D eigenvalue weighted by molar-refractivity contribution is 5.85. The van der Waals surface area contributed by atoms with Gasteiger partial charge in [0, 0.05) is 12.8 Å². The second-order valence-corrected chi connectivity index (χ2v) is 2.91. The number of carboxylic acid groups (broad SMARTS) is 1. The van der Waals surface area contributed by atoms with Crippen molar-refractivity contribution in [1.82, 2.24) is 4.98 Å². The maximum Gasteiger partial charge on any atom is 0.354 e. The van der Waals surface area contributed by atoms with Crippen molar-refractivity contribution in [3.05, 3.63) is 29.6 Å². The molecular formula is C10H13NO3. The number of hydrogen-bond acceptors (Lipinski definition) is 3. The molecule has 0 amide bonds. The number of pyridine rings is 1. The molecule has 4 nitrogen and oxygen atoms in total. The van der Waals surface area contributed by atoms with Gasteiger partial charge in [0.2, 0.25) is 0 Å². The van der Waals surface area contributed by atoms with E-state index in [1.165, 1.54) is 12.3 Å². The van der Waals surface area contributed by atoms with E-state index in [9.17, 15) is 4.79 Å². The van der Waals surface area contributed by atoms with Crippen molar-refractivity contribution in [2.24, 2.45) is 0 Å². The molecule has 1 heterocycles. The Morgan fingerprint density at radius 2 is 2.43 bits per heavy atom. The lowest BCUT2D eigenvalue weighted by molar-refractivity contribution is 0.0690. The number of ether oxygens (including phenoxy) is 1. The molecule has 0 aliphatic carbocycles. The normalized spacial score (nSPS) is 10.1. The molecule has 0 atom stereocenters. The first kappa shape index (κ1) is 10.7. The molecule has 0 spiro atoms. The summed E-state index contributed by atoms with van der Waals surface area (Å²) < 4.78 is 5.28. The van der Waals surface area contributed by atoms with Crippen LogP contribution in [0.1, 0.15) is 29.4 Å². The van der Waals surface area contributed by atoms with E-state index in [0.717, 1.165) is 12.0 Å². The molecule has 0 aliphatic rings. The Labute approximate surface area is 82.5 Å². The minimum atomic E-state index is -1.01. The summed E-state index contributed by atoms with van der Waals surface area (Å²) in [5, 5.41) is 8.68. The Kier molecular flexibility index (Phi) is 4.07. The highest BCUT2D eigenvalue weighted by Gasteiger charge is 2.04. The molecule has 0 radical (unpaired) electrons. The minimum absolute atomic E-state index is 0.0580. The first-order chi connectivity index (χ1) is 6.74. The van der Waals surface area contributed by atoms with E-state index >= 15 is 0 Å². The standard InChI is InChI=1S/C10H13NO3/c1-2-5-14-7-8-3-4-11-9(6-8)10(12)13/h3-4,6H,2,5,7H2,1H3,(H,12,13). The molecule has 1 N–H and O–H groups in total. The summed E-state index contributed by atoms with van der Waals surface area (Å²) in [4.78, 5) is 14.3. The van der Waals surface area contributed by atoms with E-state index in [2.05, 4.69) is 4.98 Å².